The summed E-state index contributed by atoms with van der Waals surface area (Å²) in [5.41, 5.74) is 0. The molecule has 18 heavy (non-hydrogen) atoms. The zero-order valence-electron chi connectivity index (χ0n) is 12.2. The number of nitrogens with zero attached hydrogens (tertiary/aromatic N) is 1. The van der Waals surface area contributed by atoms with Crippen LogP contribution in [0.1, 0.15) is 52.4 Å². The molecule has 0 heterocycles. The molecule has 0 aromatic heterocycles. The monoisotopic (exact) mass is 255 g/mol. The second kappa shape index (κ2) is 9.20. The van der Waals surface area contributed by atoms with Gasteiger partial charge in [0, 0.05) is 19.6 Å². The predicted octanol–water partition coefficient (Wildman–Crippen LogP) is 2.30. The van der Waals surface area contributed by atoms with Crippen LogP contribution in [0.3, 0.4) is 0 Å². The second-order valence-electron chi connectivity index (χ2n) is 5.28. The van der Waals surface area contributed by atoms with E-state index in [9.17, 15) is 0 Å². The summed E-state index contributed by atoms with van der Waals surface area (Å²) in [7, 11) is 1.80. The van der Waals surface area contributed by atoms with Crippen molar-refractivity contribution in [3.8, 4) is 0 Å². The standard InChI is InChI=1S/C14H29N3O/c1-12(2)17-14(15-3)16-10-11-18-13-8-6-4-5-7-9-13/h12-13H,4-11H2,1-3H3,(H2,15,16,17). The van der Waals surface area contributed by atoms with Crippen LogP contribution in [0, 0.1) is 0 Å². The molecule has 1 fully saturated rings. The molecule has 1 aliphatic rings. The zero-order chi connectivity index (χ0) is 13.2. The van der Waals surface area contributed by atoms with Gasteiger partial charge < -0.3 is 15.4 Å². The van der Waals surface area contributed by atoms with E-state index in [1.165, 1.54) is 38.5 Å². The fraction of sp³-hybridized carbons (Fsp3) is 0.929. The highest BCUT2D eigenvalue weighted by Crippen LogP contribution is 2.19. The predicted molar refractivity (Wildman–Crippen MR) is 77.1 cm³/mol. The van der Waals surface area contributed by atoms with Crippen molar-refractivity contribution < 1.29 is 4.74 Å². The van der Waals surface area contributed by atoms with Gasteiger partial charge in [-0.05, 0) is 26.7 Å². The largest absolute Gasteiger partial charge is 0.376 e. The maximum absolute atomic E-state index is 5.92. The highest BCUT2D eigenvalue weighted by atomic mass is 16.5. The van der Waals surface area contributed by atoms with E-state index in [1.807, 2.05) is 0 Å². The molecule has 1 saturated carbocycles. The minimum Gasteiger partial charge on any atom is -0.376 e. The molecule has 106 valence electrons. The zero-order valence-corrected chi connectivity index (χ0v) is 12.2. The number of nitrogens with one attached hydrogen (secondary N) is 2. The molecule has 0 unspecified atom stereocenters. The lowest BCUT2D eigenvalue weighted by Gasteiger charge is -2.17. The van der Waals surface area contributed by atoms with E-state index in [0.29, 0.717) is 12.1 Å². The summed E-state index contributed by atoms with van der Waals surface area (Å²) < 4.78 is 5.92. The van der Waals surface area contributed by atoms with Crippen LogP contribution in [0.2, 0.25) is 0 Å². The summed E-state index contributed by atoms with van der Waals surface area (Å²) in [6.45, 7) is 5.80. The van der Waals surface area contributed by atoms with Crippen molar-refractivity contribution in [2.75, 3.05) is 20.2 Å². The highest BCUT2D eigenvalue weighted by Gasteiger charge is 2.12. The Morgan fingerprint density at radius 2 is 1.89 bits per heavy atom. The van der Waals surface area contributed by atoms with E-state index in [-0.39, 0.29) is 0 Å². The third-order valence-corrected chi connectivity index (χ3v) is 3.20. The topological polar surface area (TPSA) is 45.7 Å². The van der Waals surface area contributed by atoms with E-state index < -0.39 is 0 Å². The average Bonchev–Trinajstić information content (AvgIpc) is 2.61. The minimum absolute atomic E-state index is 0.402. The van der Waals surface area contributed by atoms with Crippen molar-refractivity contribution in [2.45, 2.75) is 64.5 Å². The van der Waals surface area contributed by atoms with Crippen LogP contribution in [0.25, 0.3) is 0 Å². The maximum Gasteiger partial charge on any atom is 0.191 e. The normalized spacial score (nSPS) is 18.8. The third kappa shape index (κ3) is 6.84. The number of aliphatic imine (C=N–C) groups is 1. The third-order valence-electron chi connectivity index (χ3n) is 3.20. The molecule has 0 aromatic carbocycles. The summed E-state index contributed by atoms with van der Waals surface area (Å²) >= 11 is 0. The number of ether oxygens (including phenoxy) is 1. The first-order valence-corrected chi connectivity index (χ1v) is 7.31. The summed E-state index contributed by atoms with van der Waals surface area (Å²) in [4.78, 5) is 4.17. The lowest BCUT2D eigenvalue weighted by atomic mass is 10.1. The van der Waals surface area contributed by atoms with Gasteiger partial charge in [-0.1, -0.05) is 25.7 Å². The lowest BCUT2D eigenvalue weighted by molar-refractivity contribution is 0.0468. The number of rotatable bonds is 5. The van der Waals surface area contributed by atoms with E-state index in [1.54, 1.807) is 7.05 Å². The lowest BCUT2D eigenvalue weighted by Crippen LogP contribution is -2.42. The van der Waals surface area contributed by atoms with Gasteiger partial charge in [-0.3, -0.25) is 4.99 Å². The molecule has 2 N–H and O–H groups in total. The first-order chi connectivity index (χ1) is 8.72. The van der Waals surface area contributed by atoms with E-state index in [0.717, 1.165) is 19.1 Å². The van der Waals surface area contributed by atoms with Gasteiger partial charge in [-0.25, -0.2) is 0 Å². The van der Waals surface area contributed by atoms with Gasteiger partial charge in [0.25, 0.3) is 0 Å². The summed E-state index contributed by atoms with van der Waals surface area (Å²) in [6, 6.07) is 0.402. The van der Waals surface area contributed by atoms with Gasteiger partial charge in [0.15, 0.2) is 5.96 Å². The summed E-state index contributed by atoms with van der Waals surface area (Å²) in [5, 5.41) is 6.53. The Kier molecular flexibility index (Phi) is 7.81. The Bertz CT molecular complexity index is 233. The van der Waals surface area contributed by atoms with Crippen LogP contribution in [-0.2, 0) is 4.74 Å². The maximum atomic E-state index is 5.92. The first kappa shape index (κ1) is 15.3. The Labute approximate surface area is 112 Å². The number of hydrogen-bond acceptors (Lipinski definition) is 2. The molecule has 0 bridgehead atoms. The smallest absolute Gasteiger partial charge is 0.191 e. The average molecular weight is 255 g/mol. The van der Waals surface area contributed by atoms with E-state index in [4.69, 9.17) is 4.74 Å². The molecule has 0 saturated heterocycles. The molecule has 0 spiro atoms. The van der Waals surface area contributed by atoms with Crippen LogP contribution >= 0.6 is 0 Å². The Morgan fingerprint density at radius 3 is 2.44 bits per heavy atom. The van der Waals surface area contributed by atoms with Crippen molar-refractivity contribution >= 4 is 5.96 Å². The van der Waals surface area contributed by atoms with Crippen molar-refractivity contribution in [3.63, 3.8) is 0 Å². The molecular weight excluding hydrogens is 226 g/mol. The first-order valence-electron chi connectivity index (χ1n) is 7.31. The SMILES string of the molecule is CN=C(NCCOC1CCCCCC1)NC(C)C. The molecule has 4 nitrogen and oxygen atoms in total. The van der Waals surface area contributed by atoms with Crippen molar-refractivity contribution in [1.82, 2.24) is 10.6 Å². The van der Waals surface area contributed by atoms with Crippen LogP contribution in [0.15, 0.2) is 4.99 Å². The molecule has 0 aromatic rings. The van der Waals surface area contributed by atoms with Crippen LogP contribution in [0.4, 0.5) is 0 Å². The van der Waals surface area contributed by atoms with Crippen LogP contribution < -0.4 is 10.6 Å². The molecule has 4 heteroatoms. The fourth-order valence-electron chi connectivity index (χ4n) is 2.27. The molecule has 0 radical (unpaired) electrons. The fourth-order valence-corrected chi connectivity index (χ4v) is 2.27. The Hall–Kier alpha value is -0.770. The quantitative estimate of drug-likeness (QED) is 0.343. The molecule has 1 rings (SSSR count). The minimum atomic E-state index is 0.402. The Balaban J connectivity index is 2.09. The summed E-state index contributed by atoms with van der Waals surface area (Å²) in [5.74, 6) is 0.856. The van der Waals surface area contributed by atoms with Gasteiger partial charge in [-0.2, -0.15) is 0 Å². The van der Waals surface area contributed by atoms with Gasteiger partial charge in [0.1, 0.15) is 0 Å². The van der Waals surface area contributed by atoms with Crippen LogP contribution in [0.5, 0.6) is 0 Å². The van der Waals surface area contributed by atoms with Gasteiger partial charge in [-0.15, -0.1) is 0 Å². The van der Waals surface area contributed by atoms with Gasteiger partial charge in [0.05, 0.1) is 12.7 Å². The van der Waals surface area contributed by atoms with Crippen molar-refractivity contribution in [2.24, 2.45) is 4.99 Å². The second-order valence-corrected chi connectivity index (χ2v) is 5.28. The Morgan fingerprint density at radius 1 is 1.22 bits per heavy atom. The molecule has 0 atom stereocenters. The number of guanidine groups is 1. The van der Waals surface area contributed by atoms with E-state index in [2.05, 4.69) is 29.5 Å². The van der Waals surface area contributed by atoms with E-state index >= 15 is 0 Å². The molecule has 0 aliphatic heterocycles. The number of hydrogen-bond donors (Lipinski definition) is 2. The van der Waals surface area contributed by atoms with Crippen LogP contribution in [-0.4, -0.2) is 38.3 Å². The highest BCUT2D eigenvalue weighted by molar-refractivity contribution is 5.79. The van der Waals surface area contributed by atoms with Gasteiger partial charge >= 0.3 is 0 Å². The molecule has 0 amide bonds. The van der Waals surface area contributed by atoms with Gasteiger partial charge in [0.2, 0.25) is 0 Å². The van der Waals surface area contributed by atoms with Crippen molar-refractivity contribution in [1.29, 1.82) is 0 Å². The molecular formula is C14H29N3O. The molecule has 1 aliphatic carbocycles. The summed E-state index contributed by atoms with van der Waals surface area (Å²) in [6.07, 6.45) is 8.36. The van der Waals surface area contributed by atoms with Crippen molar-refractivity contribution in [3.05, 3.63) is 0 Å².